The Balaban J connectivity index is 2.23. The summed E-state index contributed by atoms with van der Waals surface area (Å²) in [6.07, 6.45) is 4.79. The van der Waals surface area contributed by atoms with Gasteiger partial charge in [0.1, 0.15) is 11.7 Å². The molecule has 2 amide bonds. The third-order valence-electron chi connectivity index (χ3n) is 3.65. The molecule has 0 radical (unpaired) electrons. The minimum Gasteiger partial charge on any atom is -0.480 e. The van der Waals surface area contributed by atoms with Crippen LogP contribution >= 0.6 is 15.9 Å². The standard InChI is InChI=1S/C21H19BrN2O4/c1-14(21(27)28)23-20(26)18(12-5-9-15-7-3-2-4-8-15)24-19(25)16-10-6-11-17(22)13-16/h2-14H,1H3,(H,23,26)(H,24,25)(H,27,28)/b9-5-,18-12-/t14-/m1/s1. The molecule has 0 heterocycles. The van der Waals surface area contributed by atoms with Crippen LogP contribution in [0.2, 0.25) is 0 Å². The van der Waals surface area contributed by atoms with E-state index in [1.165, 1.54) is 13.0 Å². The van der Waals surface area contributed by atoms with Gasteiger partial charge in [0.2, 0.25) is 0 Å². The van der Waals surface area contributed by atoms with E-state index in [1.54, 1.807) is 36.4 Å². The monoisotopic (exact) mass is 442 g/mol. The number of carboxylic acid groups (broad SMARTS) is 1. The zero-order valence-electron chi connectivity index (χ0n) is 15.1. The molecule has 0 spiro atoms. The summed E-state index contributed by atoms with van der Waals surface area (Å²) in [5, 5.41) is 13.9. The van der Waals surface area contributed by atoms with E-state index >= 15 is 0 Å². The predicted octanol–water partition coefficient (Wildman–Crippen LogP) is 3.37. The van der Waals surface area contributed by atoms with Gasteiger partial charge in [0.05, 0.1) is 0 Å². The molecule has 2 rings (SSSR count). The zero-order valence-corrected chi connectivity index (χ0v) is 16.6. The summed E-state index contributed by atoms with van der Waals surface area (Å²) >= 11 is 3.29. The van der Waals surface area contributed by atoms with Crippen molar-refractivity contribution < 1.29 is 19.5 Å². The first-order valence-corrected chi connectivity index (χ1v) is 9.20. The van der Waals surface area contributed by atoms with Gasteiger partial charge in [-0.3, -0.25) is 14.4 Å². The van der Waals surface area contributed by atoms with Crippen LogP contribution in [0.15, 0.2) is 76.9 Å². The van der Waals surface area contributed by atoms with Crippen molar-refractivity contribution in [2.75, 3.05) is 0 Å². The molecule has 7 heteroatoms. The molecule has 28 heavy (non-hydrogen) atoms. The smallest absolute Gasteiger partial charge is 0.325 e. The second kappa shape index (κ2) is 10.2. The van der Waals surface area contributed by atoms with E-state index in [2.05, 4.69) is 26.6 Å². The van der Waals surface area contributed by atoms with E-state index < -0.39 is 23.8 Å². The number of carbonyl (C=O) groups is 3. The van der Waals surface area contributed by atoms with Gasteiger partial charge in [-0.2, -0.15) is 0 Å². The van der Waals surface area contributed by atoms with Gasteiger partial charge in [-0.15, -0.1) is 0 Å². The molecule has 0 aliphatic rings. The average Bonchev–Trinajstić information content (AvgIpc) is 2.67. The van der Waals surface area contributed by atoms with Gasteiger partial charge in [-0.1, -0.05) is 64.5 Å². The summed E-state index contributed by atoms with van der Waals surface area (Å²) in [6.45, 7) is 1.34. The number of aliphatic carboxylic acids is 1. The van der Waals surface area contributed by atoms with Crippen molar-refractivity contribution in [3.05, 3.63) is 88.0 Å². The summed E-state index contributed by atoms with van der Waals surface area (Å²) in [5.74, 6) is -2.36. The average molecular weight is 443 g/mol. The lowest BCUT2D eigenvalue weighted by atomic mass is 10.2. The highest BCUT2D eigenvalue weighted by atomic mass is 79.9. The zero-order chi connectivity index (χ0) is 20.5. The number of halogens is 1. The molecule has 0 fully saturated rings. The Morgan fingerprint density at radius 3 is 2.43 bits per heavy atom. The Labute approximate surface area is 171 Å². The number of nitrogens with one attached hydrogen (secondary N) is 2. The number of rotatable bonds is 7. The highest BCUT2D eigenvalue weighted by molar-refractivity contribution is 9.10. The molecule has 2 aromatic rings. The van der Waals surface area contributed by atoms with Gasteiger partial charge in [0.25, 0.3) is 11.8 Å². The van der Waals surface area contributed by atoms with Gasteiger partial charge in [0.15, 0.2) is 0 Å². The second-order valence-corrected chi connectivity index (χ2v) is 6.76. The van der Waals surface area contributed by atoms with Crippen LogP contribution in [0, 0.1) is 0 Å². The minimum atomic E-state index is -1.18. The van der Waals surface area contributed by atoms with E-state index in [-0.39, 0.29) is 5.70 Å². The van der Waals surface area contributed by atoms with Crippen LogP contribution in [-0.4, -0.2) is 28.9 Å². The fourth-order valence-electron chi connectivity index (χ4n) is 2.15. The summed E-state index contributed by atoms with van der Waals surface area (Å²) in [4.78, 5) is 35.9. The first kappa shape index (κ1) is 21.1. The number of amides is 2. The largest absolute Gasteiger partial charge is 0.480 e. The normalized spacial score (nSPS) is 12.4. The van der Waals surface area contributed by atoms with E-state index in [0.29, 0.717) is 5.56 Å². The van der Waals surface area contributed by atoms with Crippen molar-refractivity contribution in [1.29, 1.82) is 0 Å². The molecular formula is C21H19BrN2O4. The van der Waals surface area contributed by atoms with Crippen molar-refractivity contribution in [2.45, 2.75) is 13.0 Å². The van der Waals surface area contributed by atoms with Crippen LogP contribution in [-0.2, 0) is 9.59 Å². The van der Waals surface area contributed by atoms with E-state index in [9.17, 15) is 14.4 Å². The molecule has 0 bridgehead atoms. The highest BCUT2D eigenvalue weighted by Gasteiger charge is 2.19. The Bertz CT molecular complexity index is 923. The summed E-state index contributed by atoms with van der Waals surface area (Å²) in [7, 11) is 0. The molecule has 3 N–H and O–H groups in total. The third kappa shape index (κ3) is 6.51. The number of allylic oxidation sites excluding steroid dienone is 2. The van der Waals surface area contributed by atoms with Crippen molar-refractivity contribution in [1.82, 2.24) is 10.6 Å². The fourth-order valence-corrected chi connectivity index (χ4v) is 2.55. The number of benzene rings is 2. The van der Waals surface area contributed by atoms with E-state index in [1.807, 2.05) is 30.3 Å². The second-order valence-electron chi connectivity index (χ2n) is 5.85. The Kier molecular flexibility index (Phi) is 7.71. The van der Waals surface area contributed by atoms with Gasteiger partial charge in [0, 0.05) is 10.0 Å². The fraction of sp³-hybridized carbons (Fsp3) is 0.0952. The number of carboxylic acids is 1. The summed E-state index contributed by atoms with van der Waals surface area (Å²) < 4.78 is 0.721. The maximum Gasteiger partial charge on any atom is 0.325 e. The molecule has 1 atom stereocenters. The Hall–Kier alpha value is -3.19. The summed E-state index contributed by atoms with van der Waals surface area (Å²) in [5.41, 5.74) is 1.20. The quantitative estimate of drug-likeness (QED) is 0.452. The van der Waals surface area contributed by atoms with Crippen LogP contribution in [0.1, 0.15) is 22.8 Å². The highest BCUT2D eigenvalue weighted by Crippen LogP contribution is 2.12. The van der Waals surface area contributed by atoms with Crippen LogP contribution in [0.25, 0.3) is 6.08 Å². The first-order valence-electron chi connectivity index (χ1n) is 8.41. The Morgan fingerprint density at radius 2 is 1.79 bits per heavy atom. The van der Waals surface area contributed by atoms with Gasteiger partial charge >= 0.3 is 5.97 Å². The molecule has 0 saturated carbocycles. The van der Waals surface area contributed by atoms with Gasteiger partial charge in [-0.05, 0) is 36.8 Å². The molecule has 0 aromatic heterocycles. The van der Waals surface area contributed by atoms with Crippen LogP contribution < -0.4 is 10.6 Å². The van der Waals surface area contributed by atoms with Gasteiger partial charge in [-0.25, -0.2) is 0 Å². The molecule has 144 valence electrons. The SMILES string of the molecule is C[C@@H](NC(=O)/C(=C/C=C\c1ccccc1)NC(=O)c1cccc(Br)c1)C(=O)O. The first-order chi connectivity index (χ1) is 13.4. The lowest BCUT2D eigenvalue weighted by Gasteiger charge is -2.13. The number of carbonyl (C=O) groups excluding carboxylic acids is 2. The van der Waals surface area contributed by atoms with Crippen molar-refractivity contribution in [2.24, 2.45) is 0 Å². The van der Waals surface area contributed by atoms with Gasteiger partial charge < -0.3 is 15.7 Å². The maximum absolute atomic E-state index is 12.5. The minimum absolute atomic E-state index is 0.0646. The van der Waals surface area contributed by atoms with Crippen LogP contribution in [0.5, 0.6) is 0 Å². The number of hydrogen-bond donors (Lipinski definition) is 3. The Morgan fingerprint density at radius 1 is 1.07 bits per heavy atom. The molecule has 0 saturated heterocycles. The summed E-state index contributed by atoms with van der Waals surface area (Å²) in [6, 6.07) is 15.0. The molecule has 2 aromatic carbocycles. The third-order valence-corrected chi connectivity index (χ3v) is 4.14. The molecule has 0 aliphatic heterocycles. The topological polar surface area (TPSA) is 95.5 Å². The molecule has 6 nitrogen and oxygen atoms in total. The lowest BCUT2D eigenvalue weighted by molar-refractivity contribution is -0.140. The lowest BCUT2D eigenvalue weighted by Crippen LogP contribution is -2.42. The number of hydrogen-bond acceptors (Lipinski definition) is 3. The van der Waals surface area contributed by atoms with Crippen molar-refractivity contribution >= 4 is 39.8 Å². The molecule has 0 unspecified atom stereocenters. The maximum atomic E-state index is 12.5. The molecular weight excluding hydrogens is 424 g/mol. The van der Waals surface area contributed by atoms with Crippen LogP contribution in [0.3, 0.4) is 0 Å². The van der Waals surface area contributed by atoms with Crippen LogP contribution in [0.4, 0.5) is 0 Å². The van der Waals surface area contributed by atoms with E-state index in [4.69, 9.17) is 5.11 Å². The van der Waals surface area contributed by atoms with Crippen molar-refractivity contribution in [3.8, 4) is 0 Å². The van der Waals surface area contributed by atoms with E-state index in [0.717, 1.165) is 10.0 Å². The van der Waals surface area contributed by atoms with Crippen molar-refractivity contribution in [3.63, 3.8) is 0 Å². The predicted molar refractivity (Wildman–Crippen MR) is 110 cm³/mol. The molecule has 0 aliphatic carbocycles.